The Morgan fingerprint density at radius 3 is 2.62 bits per heavy atom. The number of para-hydroxylation sites is 1. The maximum absolute atomic E-state index is 13.1. The van der Waals surface area contributed by atoms with Gasteiger partial charge >= 0.3 is 6.09 Å². The first-order valence-electron chi connectivity index (χ1n) is 9.00. The Balaban J connectivity index is 1.88. The number of carbonyl (C=O) groups excluding carboxylic acids is 2. The van der Waals surface area contributed by atoms with Crippen molar-refractivity contribution in [2.24, 2.45) is 0 Å². The number of carbonyl (C=O) groups is 2. The molecule has 152 valence electrons. The fourth-order valence-electron chi connectivity index (χ4n) is 2.83. The fraction of sp³-hybridized carbons (Fsp3) is 0.300. The minimum atomic E-state index is -0.638. The first-order valence-corrected chi connectivity index (χ1v) is 9.00. The number of rotatable bonds is 4. The van der Waals surface area contributed by atoms with Crippen LogP contribution in [0.3, 0.4) is 0 Å². The second kappa shape index (κ2) is 7.78. The largest absolute Gasteiger partial charge is 0.454 e. The standard InChI is InChI=1S/C20H21N3O6/c1-20(2,3)29-19(25)21-10-11-22-15-9-8-13(23(26)27)12-17(15)28-16-7-5-4-6-14(16)18(22)24/h4-9,12H,10-11H2,1-3H3,(H,21,25). The molecule has 0 bridgehead atoms. The summed E-state index contributed by atoms with van der Waals surface area (Å²) >= 11 is 0. The van der Waals surface area contributed by atoms with Crippen molar-refractivity contribution in [2.45, 2.75) is 26.4 Å². The lowest BCUT2D eigenvalue weighted by Gasteiger charge is -2.23. The fourth-order valence-corrected chi connectivity index (χ4v) is 2.83. The molecule has 0 fully saturated rings. The second-order valence-electron chi connectivity index (χ2n) is 7.39. The van der Waals surface area contributed by atoms with E-state index in [1.165, 1.54) is 23.1 Å². The summed E-state index contributed by atoms with van der Waals surface area (Å²) in [6.45, 7) is 5.51. The van der Waals surface area contributed by atoms with Crippen molar-refractivity contribution in [1.82, 2.24) is 5.32 Å². The van der Waals surface area contributed by atoms with Crippen LogP contribution < -0.4 is 15.0 Å². The lowest BCUT2D eigenvalue weighted by atomic mass is 10.1. The third-order valence-corrected chi connectivity index (χ3v) is 4.03. The molecule has 0 saturated carbocycles. The van der Waals surface area contributed by atoms with Gasteiger partial charge < -0.3 is 19.7 Å². The highest BCUT2D eigenvalue weighted by atomic mass is 16.6. The van der Waals surface area contributed by atoms with Gasteiger partial charge in [0, 0.05) is 19.2 Å². The maximum Gasteiger partial charge on any atom is 0.407 e. The van der Waals surface area contributed by atoms with Crippen molar-refractivity contribution in [2.75, 3.05) is 18.0 Å². The molecule has 1 N–H and O–H groups in total. The van der Waals surface area contributed by atoms with E-state index in [1.807, 2.05) is 0 Å². The first-order chi connectivity index (χ1) is 13.7. The zero-order chi connectivity index (χ0) is 21.2. The van der Waals surface area contributed by atoms with Gasteiger partial charge in [0.05, 0.1) is 22.2 Å². The van der Waals surface area contributed by atoms with Crippen LogP contribution in [0.4, 0.5) is 16.2 Å². The number of benzene rings is 2. The summed E-state index contributed by atoms with van der Waals surface area (Å²) in [5.41, 5.74) is -0.0882. The molecule has 2 aromatic carbocycles. The maximum atomic E-state index is 13.1. The van der Waals surface area contributed by atoms with Gasteiger partial charge in [0.15, 0.2) is 5.75 Å². The molecule has 2 amide bonds. The number of alkyl carbamates (subject to hydrolysis) is 1. The quantitative estimate of drug-likeness (QED) is 0.617. The highest BCUT2D eigenvalue weighted by Gasteiger charge is 2.29. The van der Waals surface area contributed by atoms with Gasteiger partial charge in [-0.1, -0.05) is 12.1 Å². The highest BCUT2D eigenvalue weighted by molar-refractivity contribution is 6.09. The Hall–Kier alpha value is -3.62. The monoisotopic (exact) mass is 399 g/mol. The van der Waals surface area contributed by atoms with Crippen LogP contribution >= 0.6 is 0 Å². The molecule has 1 aliphatic rings. The lowest BCUT2D eigenvalue weighted by molar-refractivity contribution is -0.384. The molecule has 29 heavy (non-hydrogen) atoms. The molecule has 1 aliphatic heterocycles. The molecule has 0 unspecified atom stereocenters. The second-order valence-corrected chi connectivity index (χ2v) is 7.39. The van der Waals surface area contributed by atoms with Crippen LogP contribution in [-0.2, 0) is 4.74 Å². The Morgan fingerprint density at radius 1 is 1.21 bits per heavy atom. The number of nitro groups is 1. The summed E-state index contributed by atoms with van der Waals surface area (Å²) in [4.78, 5) is 37.0. The van der Waals surface area contributed by atoms with E-state index >= 15 is 0 Å². The van der Waals surface area contributed by atoms with Crippen molar-refractivity contribution >= 4 is 23.4 Å². The normalized spacial score (nSPS) is 12.9. The van der Waals surface area contributed by atoms with E-state index in [0.29, 0.717) is 17.0 Å². The summed E-state index contributed by atoms with van der Waals surface area (Å²) in [5.74, 6) is 0.163. The van der Waals surface area contributed by atoms with Crippen molar-refractivity contribution in [1.29, 1.82) is 0 Å². The van der Waals surface area contributed by atoms with Crippen molar-refractivity contribution in [3.05, 3.63) is 58.1 Å². The van der Waals surface area contributed by atoms with Gasteiger partial charge in [-0.15, -0.1) is 0 Å². The third-order valence-electron chi connectivity index (χ3n) is 4.03. The topological polar surface area (TPSA) is 111 Å². The summed E-state index contributed by atoms with van der Waals surface area (Å²) in [6.07, 6.45) is -0.597. The average molecular weight is 399 g/mol. The number of hydrogen-bond donors (Lipinski definition) is 1. The number of nitrogens with one attached hydrogen (secondary N) is 1. The Bertz CT molecular complexity index is 967. The van der Waals surface area contributed by atoms with Crippen molar-refractivity contribution < 1.29 is 24.0 Å². The predicted molar refractivity (Wildman–Crippen MR) is 106 cm³/mol. The highest BCUT2D eigenvalue weighted by Crippen LogP contribution is 2.40. The van der Waals surface area contributed by atoms with E-state index in [4.69, 9.17) is 9.47 Å². The molecule has 9 heteroatoms. The molecule has 2 aromatic rings. The minimum absolute atomic E-state index is 0.124. The molecule has 1 heterocycles. The molecule has 0 atom stereocenters. The van der Waals surface area contributed by atoms with Crippen LogP contribution in [0.2, 0.25) is 0 Å². The molecule has 0 aromatic heterocycles. The molecular formula is C20H21N3O6. The first kappa shape index (κ1) is 20.1. The lowest BCUT2D eigenvalue weighted by Crippen LogP contribution is -2.40. The van der Waals surface area contributed by atoms with Crippen LogP contribution in [0.15, 0.2) is 42.5 Å². The SMILES string of the molecule is CC(C)(C)OC(=O)NCCN1C(=O)c2ccccc2Oc2cc([N+](=O)[O-])ccc21. The molecule has 0 aliphatic carbocycles. The number of nitro benzene ring substituents is 1. The number of non-ortho nitro benzene ring substituents is 1. The van der Waals surface area contributed by atoms with Crippen molar-refractivity contribution in [3.8, 4) is 11.5 Å². The average Bonchev–Trinajstić information content (AvgIpc) is 2.75. The summed E-state index contributed by atoms with van der Waals surface area (Å²) in [6, 6.07) is 10.7. The van der Waals surface area contributed by atoms with E-state index in [1.54, 1.807) is 45.0 Å². The van der Waals surface area contributed by atoms with E-state index < -0.39 is 16.6 Å². The number of nitrogens with zero attached hydrogens (tertiary/aromatic N) is 2. The van der Waals surface area contributed by atoms with Gasteiger partial charge in [-0.3, -0.25) is 14.9 Å². The molecule has 9 nitrogen and oxygen atoms in total. The van der Waals surface area contributed by atoms with Crippen molar-refractivity contribution in [3.63, 3.8) is 0 Å². The number of amides is 2. The third kappa shape index (κ3) is 4.63. The Kier molecular flexibility index (Phi) is 5.40. The number of anilines is 1. The van der Waals surface area contributed by atoms with E-state index in [0.717, 1.165) is 0 Å². The summed E-state index contributed by atoms with van der Waals surface area (Å²) in [7, 11) is 0. The number of fused-ring (bicyclic) bond motifs is 2. The minimum Gasteiger partial charge on any atom is -0.454 e. The van der Waals surface area contributed by atoms with Gasteiger partial charge in [0.1, 0.15) is 11.4 Å². The molecule has 0 saturated heterocycles. The van der Waals surface area contributed by atoms with E-state index in [2.05, 4.69) is 5.32 Å². The summed E-state index contributed by atoms with van der Waals surface area (Å²) in [5, 5.41) is 13.7. The van der Waals surface area contributed by atoms with Gasteiger partial charge in [-0.05, 0) is 39.0 Å². The van der Waals surface area contributed by atoms with E-state index in [-0.39, 0.29) is 30.4 Å². The van der Waals surface area contributed by atoms with Crippen LogP contribution in [0.5, 0.6) is 11.5 Å². The van der Waals surface area contributed by atoms with Gasteiger partial charge in [0.25, 0.3) is 11.6 Å². The summed E-state index contributed by atoms with van der Waals surface area (Å²) < 4.78 is 11.0. The van der Waals surface area contributed by atoms with Crippen LogP contribution in [0, 0.1) is 10.1 Å². The van der Waals surface area contributed by atoms with Crippen LogP contribution in [0.1, 0.15) is 31.1 Å². The zero-order valence-electron chi connectivity index (χ0n) is 16.3. The molecular weight excluding hydrogens is 378 g/mol. The smallest absolute Gasteiger partial charge is 0.407 e. The van der Waals surface area contributed by atoms with Gasteiger partial charge in [-0.25, -0.2) is 4.79 Å². The van der Waals surface area contributed by atoms with Crippen LogP contribution in [-0.4, -0.2) is 35.6 Å². The van der Waals surface area contributed by atoms with Gasteiger partial charge in [-0.2, -0.15) is 0 Å². The number of ether oxygens (including phenoxy) is 2. The van der Waals surface area contributed by atoms with Gasteiger partial charge in [0.2, 0.25) is 0 Å². The predicted octanol–water partition coefficient (Wildman–Crippen LogP) is 3.87. The van der Waals surface area contributed by atoms with Crippen LogP contribution in [0.25, 0.3) is 0 Å². The number of hydrogen-bond acceptors (Lipinski definition) is 6. The molecule has 0 radical (unpaired) electrons. The Labute approximate surface area is 167 Å². The Morgan fingerprint density at radius 2 is 1.93 bits per heavy atom. The molecule has 0 spiro atoms. The molecule has 3 rings (SSSR count). The zero-order valence-corrected chi connectivity index (χ0v) is 16.3. The van der Waals surface area contributed by atoms with E-state index in [9.17, 15) is 19.7 Å².